The highest BCUT2D eigenvalue weighted by Gasteiger charge is 2.08. The fraction of sp³-hybridized carbons (Fsp3) is 0.0625. The number of anilines is 2. The van der Waals surface area contributed by atoms with Gasteiger partial charge in [0, 0.05) is 23.5 Å². The molecule has 0 spiro atoms. The van der Waals surface area contributed by atoms with Gasteiger partial charge in [-0.3, -0.25) is 9.59 Å². The zero-order chi connectivity index (χ0) is 25.3. The van der Waals surface area contributed by atoms with Crippen molar-refractivity contribution in [3.8, 4) is 11.1 Å². The molecule has 0 aliphatic carbocycles. The molecule has 4 aromatic carbocycles. The minimum Gasteiger partial charge on any atom is -0.322 e. The topological polar surface area (TPSA) is 58.2 Å². The van der Waals surface area contributed by atoms with Crippen LogP contribution in [0.2, 0.25) is 0 Å². The first-order chi connectivity index (χ1) is 17.5. The molecule has 0 heterocycles. The third kappa shape index (κ3) is 6.67. The summed E-state index contributed by atoms with van der Waals surface area (Å²) < 4.78 is 0. The first kappa shape index (κ1) is 24.4. The number of carbonyl (C=O) groups is 2. The average Bonchev–Trinajstić information content (AvgIpc) is 2.90. The van der Waals surface area contributed by atoms with Crippen LogP contribution < -0.4 is 10.6 Å². The Balaban J connectivity index is 1.40. The van der Waals surface area contributed by atoms with Gasteiger partial charge in [0.1, 0.15) is 0 Å². The van der Waals surface area contributed by atoms with Crippen molar-refractivity contribution in [3.05, 3.63) is 131 Å². The zero-order valence-electron chi connectivity index (χ0n) is 20.4. The molecule has 0 saturated heterocycles. The molecule has 0 saturated carbocycles. The summed E-state index contributed by atoms with van der Waals surface area (Å²) in [6.07, 6.45) is 6.65. The molecule has 0 atom stereocenters. The Hall–Kier alpha value is -4.70. The van der Waals surface area contributed by atoms with Gasteiger partial charge in [-0.2, -0.15) is 0 Å². The summed E-state index contributed by atoms with van der Waals surface area (Å²) in [7, 11) is 0. The third-order valence-electron chi connectivity index (χ3n) is 5.76. The maximum Gasteiger partial charge on any atom is 0.248 e. The maximum atomic E-state index is 12.4. The van der Waals surface area contributed by atoms with Gasteiger partial charge in [-0.1, -0.05) is 72.8 Å². The van der Waals surface area contributed by atoms with E-state index in [0.29, 0.717) is 0 Å². The lowest BCUT2D eigenvalue weighted by atomic mass is 10.00. The molecule has 0 unspecified atom stereocenters. The van der Waals surface area contributed by atoms with Gasteiger partial charge in [0.2, 0.25) is 11.8 Å². The Bertz CT molecular complexity index is 1310. The fourth-order valence-electron chi connectivity index (χ4n) is 3.79. The van der Waals surface area contributed by atoms with Crippen LogP contribution in [0.15, 0.2) is 109 Å². The van der Waals surface area contributed by atoms with E-state index in [-0.39, 0.29) is 11.8 Å². The van der Waals surface area contributed by atoms with Gasteiger partial charge >= 0.3 is 0 Å². The number of aryl methyl sites for hydroxylation is 2. The van der Waals surface area contributed by atoms with E-state index in [0.717, 1.165) is 44.8 Å². The van der Waals surface area contributed by atoms with Gasteiger partial charge in [0.25, 0.3) is 0 Å². The molecule has 0 aliphatic heterocycles. The van der Waals surface area contributed by atoms with Gasteiger partial charge in [0.05, 0.1) is 0 Å². The summed E-state index contributed by atoms with van der Waals surface area (Å²) in [5.74, 6) is -0.348. The maximum absolute atomic E-state index is 12.4. The molecule has 4 aromatic rings. The van der Waals surface area contributed by atoms with Crippen LogP contribution in [-0.4, -0.2) is 11.8 Å². The van der Waals surface area contributed by atoms with Gasteiger partial charge in [-0.25, -0.2) is 0 Å². The summed E-state index contributed by atoms with van der Waals surface area (Å²) in [5, 5.41) is 5.89. The summed E-state index contributed by atoms with van der Waals surface area (Å²) >= 11 is 0. The van der Waals surface area contributed by atoms with Gasteiger partial charge in [0.15, 0.2) is 0 Å². The molecule has 0 fully saturated rings. The Kier molecular flexibility index (Phi) is 7.89. The first-order valence-electron chi connectivity index (χ1n) is 11.8. The minimum absolute atomic E-state index is 0.174. The lowest BCUT2D eigenvalue weighted by molar-refractivity contribution is -0.112. The highest BCUT2D eigenvalue weighted by atomic mass is 16.2. The fourth-order valence-corrected chi connectivity index (χ4v) is 3.79. The molecule has 0 aromatic heterocycles. The lowest BCUT2D eigenvalue weighted by Gasteiger charge is -2.12. The monoisotopic (exact) mass is 472 g/mol. The van der Waals surface area contributed by atoms with Crippen molar-refractivity contribution in [2.75, 3.05) is 10.6 Å². The molecule has 2 amide bonds. The van der Waals surface area contributed by atoms with Crippen LogP contribution in [-0.2, 0) is 9.59 Å². The van der Waals surface area contributed by atoms with E-state index in [2.05, 4.69) is 10.6 Å². The number of carbonyl (C=O) groups excluding carboxylic acids is 2. The number of amides is 2. The molecule has 178 valence electrons. The largest absolute Gasteiger partial charge is 0.322 e. The third-order valence-corrected chi connectivity index (χ3v) is 5.76. The Morgan fingerprint density at radius 2 is 0.944 bits per heavy atom. The Morgan fingerprint density at radius 1 is 0.556 bits per heavy atom. The number of benzene rings is 4. The number of nitrogens with one attached hydrogen (secondary N) is 2. The lowest BCUT2D eigenvalue weighted by Crippen LogP contribution is -2.09. The van der Waals surface area contributed by atoms with Crippen LogP contribution in [0.25, 0.3) is 23.3 Å². The van der Waals surface area contributed by atoms with Crippen molar-refractivity contribution in [1.29, 1.82) is 0 Å². The normalized spacial score (nSPS) is 11.1. The predicted octanol–water partition coefficient (Wildman–Crippen LogP) is 7.27. The second-order valence-electron chi connectivity index (χ2n) is 8.53. The molecular weight excluding hydrogens is 444 g/mol. The van der Waals surface area contributed by atoms with Crippen LogP contribution in [0, 0.1) is 13.8 Å². The Labute approximate surface area is 212 Å². The van der Waals surface area contributed by atoms with Crippen LogP contribution >= 0.6 is 0 Å². The van der Waals surface area contributed by atoms with Crippen molar-refractivity contribution < 1.29 is 9.59 Å². The van der Waals surface area contributed by atoms with E-state index in [1.807, 2.05) is 111 Å². The highest BCUT2D eigenvalue weighted by molar-refractivity contribution is 6.03. The molecule has 4 rings (SSSR count). The van der Waals surface area contributed by atoms with E-state index in [1.54, 1.807) is 12.2 Å². The molecule has 2 N–H and O–H groups in total. The van der Waals surface area contributed by atoms with Gasteiger partial charge < -0.3 is 10.6 Å². The summed E-state index contributed by atoms with van der Waals surface area (Å²) in [4.78, 5) is 24.7. The predicted molar refractivity (Wildman–Crippen MR) is 150 cm³/mol. The molecule has 4 heteroatoms. The van der Waals surface area contributed by atoms with Crippen LogP contribution in [0.5, 0.6) is 0 Å². The van der Waals surface area contributed by atoms with Crippen molar-refractivity contribution in [2.24, 2.45) is 0 Å². The van der Waals surface area contributed by atoms with E-state index in [1.165, 1.54) is 12.2 Å². The van der Waals surface area contributed by atoms with E-state index < -0.39 is 0 Å². The first-order valence-corrected chi connectivity index (χ1v) is 11.8. The molecule has 0 bridgehead atoms. The summed E-state index contributed by atoms with van der Waals surface area (Å²) in [5.41, 5.74) is 7.50. The van der Waals surface area contributed by atoms with Crippen molar-refractivity contribution in [1.82, 2.24) is 0 Å². The molecule has 36 heavy (non-hydrogen) atoms. The van der Waals surface area contributed by atoms with Crippen LogP contribution in [0.1, 0.15) is 22.3 Å². The van der Waals surface area contributed by atoms with Gasteiger partial charge in [-0.05, 0) is 83.6 Å². The summed E-state index contributed by atoms with van der Waals surface area (Å²) in [6.45, 7) is 3.95. The second kappa shape index (κ2) is 11.6. The zero-order valence-corrected chi connectivity index (χ0v) is 20.4. The average molecular weight is 473 g/mol. The van der Waals surface area contributed by atoms with Crippen molar-refractivity contribution in [3.63, 3.8) is 0 Å². The van der Waals surface area contributed by atoms with Crippen molar-refractivity contribution >= 4 is 35.3 Å². The molecule has 0 aliphatic rings. The number of hydrogen-bond donors (Lipinski definition) is 2. The number of rotatable bonds is 7. The molecule has 0 radical (unpaired) electrons. The van der Waals surface area contributed by atoms with E-state index in [4.69, 9.17) is 0 Å². The number of hydrogen-bond acceptors (Lipinski definition) is 2. The molecule has 4 nitrogen and oxygen atoms in total. The SMILES string of the molecule is Cc1cc(-c2ccc(NC(=O)/C=C/c3ccccc3)c(C)c2)ccc1NC(=O)/C=C\c1ccccc1. The minimum atomic E-state index is -0.174. The highest BCUT2D eigenvalue weighted by Crippen LogP contribution is 2.28. The smallest absolute Gasteiger partial charge is 0.248 e. The van der Waals surface area contributed by atoms with Gasteiger partial charge in [-0.15, -0.1) is 0 Å². The van der Waals surface area contributed by atoms with E-state index >= 15 is 0 Å². The quantitative estimate of drug-likeness (QED) is 0.278. The molecular formula is C32H28N2O2. The summed E-state index contributed by atoms with van der Waals surface area (Å²) in [6, 6.07) is 31.3. The van der Waals surface area contributed by atoms with Crippen LogP contribution in [0.4, 0.5) is 11.4 Å². The van der Waals surface area contributed by atoms with Crippen LogP contribution in [0.3, 0.4) is 0 Å². The van der Waals surface area contributed by atoms with E-state index in [9.17, 15) is 9.59 Å². The van der Waals surface area contributed by atoms with Crippen molar-refractivity contribution in [2.45, 2.75) is 13.8 Å². The second-order valence-corrected chi connectivity index (χ2v) is 8.53. The Morgan fingerprint density at radius 3 is 1.31 bits per heavy atom. The standard InChI is InChI=1S/C32H28N2O2/c1-23-21-27(15-17-29(23)33-31(35)19-13-25-9-5-3-6-10-25)28-16-18-30(24(2)22-28)34-32(36)20-14-26-11-7-4-8-12-26/h3-22H,1-2H3,(H,33,35)(H,34,36)/b19-13-,20-14+.